The van der Waals surface area contributed by atoms with Gasteiger partial charge < -0.3 is 10.6 Å². The lowest BCUT2D eigenvalue weighted by Gasteiger charge is -2.25. The molecule has 0 aromatic carbocycles. The number of amides is 2. The average molecular weight is 353 g/mol. The molecule has 0 unspecified atom stereocenters. The van der Waals surface area contributed by atoms with Crippen LogP contribution in [0, 0.1) is 0 Å². The topological polar surface area (TPSA) is 41.1 Å². The molecule has 148 valence electrons. The van der Waals surface area contributed by atoms with E-state index in [0.29, 0.717) is 12.1 Å². The van der Waals surface area contributed by atoms with Crippen LogP contribution in [0.4, 0.5) is 4.79 Å². The molecule has 2 N–H and O–H groups in total. The molecule has 0 heterocycles. The van der Waals surface area contributed by atoms with Gasteiger partial charge in [0, 0.05) is 12.1 Å². The van der Waals surface area contributed by atoms with Gasteiger partial charge in [0.1, 0.15) is 0 Å². The quantitative estimate of drug-likeness (QED) is 0.335. The molecule has 1 fully saturated rings. The highest BCUT2D eigenvalue weighted by Gasteiger charge is 2.17. The molecule has 0 atom stereocenters. The molecule has 3 heteroatoms. The summed E-state index contributed by atoms with van der Waals surface area (Å²) in [5, 5.41) is 6.52. The molecule has 2 amide bonds. The summed E-state index contributed by atoms with van der Waals surface area (Å²) in [4.78, 5) is 12.4. The maximum Gasteiger partial charge on any atom is 0.315 e. The van der Waals surface area contributed by atoms with Crippen LogP contribution in [0.3, 0.4) is 0 Å². The third-order valence-corrected chi connectivity index (χ3v) is 5.59. The van der Waals surface area contributed by atoms with Crippen molar-refractivity contribution in [1.29, 1.82) is 0 Å². The van der Waals surface area contributed by atoms with Gasteiger partial charge in [0.15, 0.2) is 0 Å². The minimum atomic E-state index is 0.0824. The number of hydrogen-bond donors (Lipinski definition) is 2. The number of carbonyl (C=O) groups excluding carboxylic acids is 1. The van der Waals surface area contributed by atoms with E-state index in [0.717, 1.165) is 25.7 Å². The van der Waals surface area contributed by atoms with Crippen LogP contribution in [0.1, 0.15) is 123 Å². The van der Waals surface area contributed by atoms with Gasteiger partial charge in [-0.25, -0.2) is 4.79 Å². The molecular weight excluding hydrogens is 308 g/mol. The Bertz CT molecular complexity index is 299. The van der Waals surface area contributed by atoms with Crippen LogP contribution in [-0.4, -0.2) is 18.1 Å². The molecule has 0 saturated heterocycles. The number of nitrogens with one attached hydrogen (secondary N) is 2. The maximum atomic E-state index is 12.4. The number of hydrogen-bond acceptors (Lipinski definition) is 1. The van der Waals surface area contributed by atoms with Crippen molar-refractivity contribution in [3.05, 3.63) is 0 Å². The van der Waals surface area contributed by atoms with E-state index in [1.165, 1.54) is 83.5 Å². The van der Waals surface area contributed by atoms with Gasteiger partial charge in [0.2, 0.25) is 0 Å². The molecular formula is C22H44N2O. The highest BCUT2D eigenvalue weighted by Crippen LogP contribution is 2.18. The van der Waals surface area contributed by atoms with Crippen LogP contribution in [0.5, 0.6) is 0 Å². The third kappa shape index (κ3) is 12.3. The molecule has 1 saturated carbocycles. The van der Waals surface area contributed by atoms with Gasteiger partial charge in [0.25, 0.3) is 0 Å². The zero-order chi connectivity index (χ0) is 18.2. The van der Waals surface area contributed by atoms with Crippen molar-refractivity contribution in [1.82, 2.24) is 10.6 Å². The molecule has 0 aromatic heterocycles. The Kier molecular flexibility index (Phi) is 13.8. The highest BCUT2D eigenvalue weighted by atomic mass is 16.2. The Labute approximate surface area is 157 Å². The molecule has 0 radical (unpaired) electrons. The molecule has 1 rings (SSSR count). The number of carbonyl (C=O) groups is 1. The highest BCUT2D eigenvalue weighted by molar-refractivity contribution is 5.74. The van der Waals surface area contributed by atoms with Gasteiger partial charge >= 0.3 is 6.03 Å². The van der Waals surface area contributed by atoms with E-state index >= 15 is 0 Å². The van der Waals surface area contributed by atoms with E-state index in [-0.39, 0.29) is 6.03 Å². The zero-order valence-electron chi connectivity index (χ0n) is 17.1. The van der Waals surface area contributed by atoms with E-state index < -0.39 is 0 Å². The summed E-state index contributed by atoms with van der Waals surface area (Å²) in [6.45, 7) is 4.52. The predicted molar refractivity (Wildman–Crippen MR) is 109 cm³/mol. The fraction of sp³-hybridized carbons (Fsp3) is 0.955. The van der Waals surface area contributed by atoms with E-state index in [4.69, 9.17) is 0 Å². The number of urea groups is 1. The second-order valence-corrected chi connectivity index (χ2v) is 8.06. The van der Waals surface area contributed by atoms with Crippen molar-refractivity contribution >= 4 is 6.03 Å². The second kappa shape index (κ2) is 15.5. The minimum absolute atomic E-state index is 0.0824. The second-order valence-electron chi connectivity index (χ2n) is 8.06. The average Bonchev–Trinajstić information content (AvgIpc) is 2.62. The molecule has 0 bridgehead atoms. The standard InChI is InChI=1S/C22H44N2O/c1-3-5-7-9-12-16-20(17-13-10-8-6-4-2)23-22(25)24-21-18-14-11-15-19-21/h20-21H,3-19H2,1-2H3,(H2,23,24,25). The van der Waals surface area contributed by atoms with Crippen LogP contribution < -0.4 is 10.6 Å². The van der Waals surface area contributed by atoms with E-state index in [1.54, 1.807) is 0 Å². The lowest BCUT2D eigenvalue weighted by molar-refractivity contribution is 0.226. The van der Waals surface area contributed by atoms with Crippen LogP contribution >= 0.6 is 0 Å². The summed E-state index contributed by atoms with van der Waals surface area (Å²) in [5.41, 5.74) is 0. The maximum absolute atomic E-state index is 12.4. The Morgan fingerprint density at radius 3 is 1.84 bits per heavy atom. The van der Waals surface area contributed by atoms with Crippen LogP contribution in [-0.2, 0) is 0 Å². The fourth-order valence-corrected chi connectivity index (χ4v) is 3.94. The normalized spacial score (nSPS) is 15.5. The summed E-state index contributed by atoms with van der Waals surface area (Å²) >= 11 is 0. The van der Waals surface area contributed by atoms with E-state index in [2.05, 4.69) is 24.5 Å². The van der Waals surface area contributed by atoms with Crippen LogP contribution in [0.25, 0.3) is 0 Å². The van der Waals surface area contributed by atoms with E-state index in [9.17, 15) is 4.79 Å². The van der Waals surface area contributed by atoms with Crippen LogP contribution in [0.15, 0.2) is 0 Å². The predicted octanol–water partition coefficient (Wildman–Crippen LogP) is 6.71. The molecule has 0 aliphatic heterocycles. The SMILES string of the molecule is CCCCCCCC(CCCCCCC)NC(=O)NC1CCCCC1. The van der Waals surface area contributed by atoms with Gasteiger partial charge in [-0.15, -0.1) is 0 Å². The molecule has 25 heavy (non-hydrogen) atoms. The summed E-state index contributed by atoms with van der Waals surface area (Å²) < 4.78 is 0. The lowest BCUT2D eigenvalue weighted by atomic mass is 9.95. The minimum Gasteiger partial charge on any atom is -0.335 e. The summed E-state index contributed by atoms with van der Waals surface area (Å²) in [6, 6.07) is 0.856. The van der Waals surface area contributed by atoms with Crippen LogP contribution in [0.2, 0.25) is 0 Å². The van der Waals surface area contributed by atoms with Gasteiger partial charge in [-0.05, 0) is 25.7 Å². The zero-order valence-corrected chi connectivity index (χ0v) is 17.1. The molecule has 0 aromatic rings. The Morgan fingerprint density at radius 2 is 1.32 bits per heavy atom. The van der Waals surface area contributed by atoms with Crippen molar-refractivity contribution in [2.75, 3.05) is 0 Å². The van der Waals surface area contributed by atoms with Gasteiger partial charge in [-0.2, -0.15) is 0 Å². The van der Waals surface area contributed by atoms with Crippen molar-refractivity contribution < 1.29 is 4.79 Å². The molecule has 3 nitrogen and oxygen atoms in total. The summed E-state index contributed by atoms with van der Waals surface area (Å²) in [5.74, 6) is 0. The molecule has 1 aliphatic carbocycles. The van der Waals surface area contributed by atoms with Gasteiger partial charge in [0.05, 0.1) is 0 Å². The molecule has 0 spiro atoms. The number of unbranched alkanes of at least 4 members (excludes halogenated alkanes) is 8. The summed E-state index contributed by atoms with van der Waals surface area (Å²) in [7, 11) is 0. The first-order chi connectivity index (χ1) is 12.3. The van der Waals surface area contributed by atoms with Gasteiger partial charge in [-0.3, -0.25) is 0 Å². The molecule has 1 aliphatic rings. The van der Waals surface area contributed by atoms with Crippen molar-refractivity contribution in [2.45, 2.75) is 135 Å². The fourth-order valence-electron chi connectivity index (χ4n) is 3.94. The first kappa shape index (κ1) is 22.3. The van der Waals surface area contributed by atoms with Crippen molar-refractivity contribution in [3.8, 4) is 0 Å². The Morgan fingerprint density at radius 1 is 0.800 bits per heavy atom. The van der Waals surface area contributed by atoms with Crippen molar-refractivity contribution in [3.63, 3.8) is 0 Å². The first-order valence-corrected chi connectivity index (χ1v) is 11.3. The van der Waals surface area contributed by atoms with Gasteiger partial charge in [-0.1, -0.05) is 97.3 Å². The number of rotatable bonds is 14. The first-order valence-electron chi connectivity index (χ1n) is 11.3. The van der Waals surface area contributed by atoms with E-state index in [1.807, 2.05) is 0 Å². The smallest absolute Gasteiger partial charge is 0.315 e. The van der Waals surface area contributed by atoms with Crippen molar-refractivity contribution in [2.24, 2.45) is 0 Å². The largest absolute Gasteiger partial charge is 0.335 e. The third-order valence-electron chi connectivity index (χ3n) is 5.59. The summed E-state index contributed by atoms with van der Waals surface area (Å²) in [6.07, 6.45) is 21.6. The monoisotopic (exact) mass is 352 g/mol. The Hall–Kier alpha value is -0.730. The Balaban J connectivity index is 2.27. The lowest BCUT2D eigenvalue weighted by Crippen LogP contribution is -2.46.